The Balaban J connectivity index is 1.74. The Morgan fingerprint density at radius 3 is 2.48 bits per heavy atom. The molecule has 0 spiro atoms. The van der Waals surface area contributed by atoms with Crippen LogP contribution < -0.4 is 16.1 Å². The molecule has 0 saturated heterocycles. The number of rotatable bonds is 3. The molecule has 0 unspecified atom stereocenters. The Morgan fingerprint density at radius 2 is 1.79 bits per heavy atom. The Hall–Kier alpha value is -3.42. The van der Waals surface area contributed by atoms with Crippen molar-refractivity contribution in [2.45, 2.75) is 25.8 Å². The zero-order chi connectivity index (χ0) is 21.1. The molecule has 0 fully saturated rings. The molecule has 0 atom stereocenters. The fourth-order valence-corrected chi connectivity index (χ4v) is 4.14. The molecule has 4 rings (SSSR count). The maximum atomic E-state index is 12.9. The van der Waals surface area contributed by atoms with Gasteiger partial charge in [-0.2, -0.15) is 0 Å². The van der Waals surface area contributed by atoms with Gasteiger partial charge in [0, 0.05) is 44.0 Å². The molecule has 0 radical (unpaired) electrons. The van der Waals surface area contributed by atoms with Gasteiger partial charge in [-0.05, 0) is 11.6 Å². The maximum absolute atomic E-state index is 12.9. The molecule has 8 nitrogen and oxygen atoms in total. The van der Waals surface area contributed by atoms with Gasteiger partial charge in [0.1, 0.15) is 0 Å². The summed E-state index contributed by atoms with van der Waals surface area (Å²) in [4.78, 5) is 43.8. The lowest BCUT2D eigenvalue weighted by atomic mass is 9.83. The van der Waals surface area contributed by atoms with Crippen LogP contribution in [0.3, 0.4) is 0 Å². The molecule has 29 heavy (non-hydrogen) atoms. The highest BCUT2D eigenvalue weighted by molar-refractivity contribution is 5.93. The minimum absolute atomic E-state index is 0.0340. The monoisotopic (exact) mass is 393 g/mol. The quantitative estimate of drug-likeness (QED) is 0.627. The summed E-state index contributed by atoms with van der Waals surface area (Å²) in [7, 11) is 4.92. The van der Waals surface area contributed by atoms with Crippen LogP contribution >= 0.6 is 0 Å². The van der Waals surface area contributed by atoms with Crippen LogP contribution in [0.2, 0.25) is 0 Å². The lowest BCUT2D eigenvalue weighted by molar-refractivity contribution is -0.115. The maximum Gasteiger partial charge on any atom is 0.332 e. The second-order valence-corrected chi connectivity index (χ2v) is 7.95. The predicted octanol–water partition coefficient (Wildman–Crippen LogP) is 1.31. The average Bonchev–Trinajstić information content (AvgIpc) is 3.18. The lowest BCUT2D eigenvalue weighted by Crippen LogP contribution is -2.37. The summed E-state index contributed by atoms with van der Waals surface area (Å²) in [5.74, 6) is -0.150. The fraction of sp³-hybridized carbons (Fsp3) is 0.333. The summed E-state index contributed by atoms with van der Waals surface area (Å²) in [6, 6.07) is 8.09. The number of fused-ring (bicyclic) bond motifs is 2. The standard InChI is InChI=1S/C21H23N5O3/c1-21(2)14-8-6-7-9-15(14)23(3)16(21)10-13(27)11-26-12-22-18-17(26)19(28)25(5)20(29)24(18)4/h6-10,12H,11H2,1-5H3/b16-10-. The third-order valence-corrected chi connectivity index (χ3v) is 5.78. The van der Waals surface area contributed by atoms with E-state index < -0.39 is 11.2 Å². The molecule has 8 heteroatoms. The number of likely N-dealkylation sites (N-methyl/N-ethyl adjacent to an activating group) is 1. The van der Waals surface area contributed by atoms with E-state index in [1.807, 2.05) is 30.1 Å². The van der Waals surface area contributed by atoms with Crippen molar-refractivity contribution in [3.05, 3.63) is 68.8 Å². The summed E-state index contributed by atoms with van der Waals surface area (Å²) in [5.41, 5.74) is 2.42. The molecule has 0 N–H and O–H groups in total. The number of imidazole rings is 1. The fourth-order valence-electron chi connectivity index (χ4n) is 4.14. The van der Waals surface area contributed by atoms with Gasteiger partial charge in [0.05, 0.1) is 12.9 Å². The van der Waals surface area contributed by atoms with E-state index >= 15 is 0 Å². The second-order valence-electron chi connectivity index (χ2n) is 7.95. The van der Waals surface area contributed by atoms with Crippen LogP contribution in [-0.4, -0.2) is 31.5 Å². The van der Waals surface area contributed by atoms with Crippen molar-refractivity contribution in [2.75, 3.05) is 11.9 Å². The SMILES string of the molecule is CN1/C(=C\C(=O)Cn2cnc3c2c(=O)n(C)c(=O)n3C)C(C)(C)c2ccccc21. The van der Waals surface area contributed by atoms with E-state index in [1.165, 1.54) is 28.1 Å². The highest BCUT2D eigenvalue weighted by Gasteiger charge is 2.38. The molecule has 1 aromatic carbocycles. The van der Waals surface area contributed by atoms with Crippen molar-refractivity contribution in [2.24, 2.45) is 14.1 Å². The van der Waals surface area contributed by atoms with Crippen LogP contribution in [0.15, 0.2) is 52.0 Å². The van der Waals surface area contributed by atoms with Crippen LogP contribution in [0.5, 0.6) is 0 Å². The number of nitrogens with zero attached hydrogens (tertiary/aromatic N) is 5. The Kier molecular flexibility index (Phi) is 4.11. The number of para-hydroxylation sites is 1. The van der Waals surface area contributed by atoms with Gasteiger partial charge in [0.25, 0.3) is 5.56 Å². The number of hydrogen-bond donors (Lipinski definition) is 0. The van der Waals surface area contributed by atoms with E-state index in [9.17, 15) is 14.4 Å². The highest BCUT2D eigenvalue weighted by atomic mass is 16.2. The molecule has 1 aliphatic heterocycles. The Bertz CT molecular complexity index is 1310. The van der Waals surface area contributed by atoms with Crippen LogP contribution in [0.25, 0.3) is 11.2 Å². The van der Waals surface area contributed by atoms with Crippen molar-refractivity contribution in [3.63, 3.8) is 0 Å². The number of hydrogen-bond acceptors (Lipinski definition) is 5. The summed E-state index contributed by atoms with van der Waals surface area (Å²) in [5, 5.41) is 0. The zero-order valence-corrected chi connectivity index (χ0v) is 17.1. The molecule has 0 amide bonds. The van der Waals surface area contributed by atoms with Gasteiger partial charge in [-0.25, -0.2) is 9.78 Å². The third-order valence-electron chi connectivity index (χ3n) is 5.78. The Labute approximate surface area is 167 Å². The number of anilines is 1. The van der Waals surface area contributed by atoms with Gasteiger partial charge in [-0.3, -0.25) is 18.7 Å². The molecule has 150 valence electrons. The molecule has 0 saturated carbocycles. The molecule has 2 aromatic heterocycles. The van der Waals surface area contributed by atoms with Gasteiger partial charge in [0.15, 0.2) is 16.9 Å². The summed E-state index contributed by atoms with van der Waals surface area (Å²) in [6.07, 6.45) is 3.07. The summed E-state index contributed by atoms with van der Waals surface area (Å²) < 4.78 is 3.83. The number of allylic oxidation sites excluding steroid dienone is 2. The van der Waals surface area contributed by atoms with Gasteiger partial charge in [0.2, 0.25) is 0 Å². The van der Waals surface area contributed by atoms with Gasteiger partial charge < -0.3 is 9.47 Å². The molecular formula is C21H23N5O3. The number of aromatic nitrogens is 4. The third kappa shape index (κ3) is 2.66. The van der Waals surface area contributed by atoms with Crippen molar-refractivity contribution < 1.29 is 4.79 Å². The first-order valence-electron chi connectivity index (χ1n) is 9.33. The first kappa shape index (κ1) is 18.9. The van der Waals surface area contributed by atoms with Gasteiger partial charge >= 0.3 is 5.69 Å². The number of carbonyl (C=O) groups excluding carboxylic acids is 1. The van der Waals surface area contributed by atoms with Crippen molar-refractivity contribution in [1.29, 1.82) is 0 Å². The van der Waals surface area contributed by atoms with Crippen LogP contribution in [0.4, 0.5) is 5.69 Å². The van der Waals surface area contributed by atoms with Gasteiger partial charge in [-0.1, -0.05) is 32.0 Å². The lowest BCUT2D eigenvalue weighted by Gasteiger charge is -2.24. The van der Waals surface area contributed by atoms with Crippen molar-refractivity contribution in [1.82, 2.24) is 18.7 Å². The van der Waals surface area contributed by atoms with E-state index in [-0.39, 0.29) is 28.9 Å². The normalized spacial score (nSPS) is 16.6. The molecule has 0 bridgehead atoms. The minimum Gasteiger partial charge on any atom is -0.347 e. The minimum atomic E-state index is -0.466. The van der Waals surface area contributed by atoms with Crippen LogP contribution in [-0.2, 0) is 30.8 Å². The number of ketones is 1. The largest absolute Gasteiger partial charge is 0.347 e. The molecule has 1 aliphatic rings. The summed E-state index contributed by atoms with van der Waals surface area (Å²) in [6.45, 7) is 4.15. The van der Waals surface area contributed by atoms with E-state index in [4.69, 9.17) is 0 Å². The van der Waals surface area contributed by atoms with E-state index in [2.05, 4.69) is 24.9 Å². The molecule has 3 heterocycles. The smallest absolute Gasteiger partial charge is 0.332 e. The predicted molar refractivity (Wildman–Crippen MR) is 111 cm³/mol. The van der Waals surface area contributed by atoms with Crippen molar-refractivity contribution in [3.8, 4) is 0 Å². The highest BCUT2D eigenvalue weighted by Crippen LogP contribution is 2.46. The van der Waals surface area contributed by atoms with E-state index in [1.54, 1.807) is 13.1 Å². The van der Waals surface area contributed by atoms with Crippen LogP contribution in [0.1, 0.15) is 19.4 Å². The first-order chi connectivity index (χ1) is 13.6. The van der Waals surface area contributed by atoms with Gasteiger partial charge in [-0.15, -0.1) is 0 Å². The average molecular weight is 393 g/mol. The first-order valence-corrected chi connectivity index (χ1v) is 9.33. The van der Waals surface area contributed by atoms with Crippen LogP contribution in [0, 0.1) is 0 Å². The number of benzene rings is 1. The zero-order valence-electron chi connectivity index (χ0n) is 17.1. The topological polar surface area (TPSA) is 82.1 Å². The molecule has 0 aliphatic carbocycles. The number of carbonyl (C=O) groups is 1. The van der Waals surface area contributed by atoms with E-state index in [0.717, 1.165) is 16.0 Å². The van der Waals surface area contributed by atoms with E-state index in [0.29, 0.717) is 0 Å². The Morgan fingerprint density at radius 1 is 1.10 bits per heavy atom. The number of aryl methyl sites for hydroxylation is 1. The second kappa shape index (κ2) is 6.30. The summed E-state index contributed by atoms with van der Waals surface area (Å²) >= 11 is 0. The van der Waals surface area contributed by atoms with Crippen molar-refractivity contribution >= 4 is 22.6 Å². The molecular weight excluding hydrogens is 370 g/mol. The molecule has 3 aromatic rings.